The molecular weight excluding hydrogens is 138 g/mol. The average Bonchev–Trinajstić information content (AvgIpc) is 1.87. The molecule has 0 spiro atoms. The van der Waals surface area contributed by atoms with E-state index in [2.05, 4.69) is 12.2 Å². The lowest BCUT2D eigenvalue weighted by atomic mass is 10.0. The van der Waals surface area contributed by atoms with Gasteiger partial charge in [0, 0.05) is 11.5 Å². The monoisotopic (exact) mass is 157 g/mol. The van der Waals surface area contributed by atoms with E-state index in [4.69, 9.17) is 0 Å². The molecule has 0 atom stereocenters. The van der Waals surface area contributed by atoms with Gasteiger partial charge in [0.2, 0.25) is 5.91 Å². The van der Waals surface area contributed by atoms with Gasteiger partial charge in [-0.25, -0.2) is 0 Å². The Hall–Kier alpha value is -0.530. The van der Waals surface area contributed by atoms with Crippen molar-refractivity contribution in [2.24, 2.45) is 5.92 Å². The minimum absolute atomic E-state index is 0.0542. The summed E-state index contributed by atoms with van der Waals surface area (Å²) < 4.78 is 0. The van der Waals surface area contributed by atoms with Gasteiger partial charge in [0.05, 0.1) is 0 Å². The first-order chi connectivity index (χ1) is 4.89. The molecule has 1 amide bonds. The first-order valence-electron chi connectivity index (χ1n) is 4.21. The molecule has 0 saturated carbocycles. The first-order valence-corrected chi connectivity index (χ1v) is 4.21. The number of nitrogens with one attached hydrogen (secondary N) is 1. The summed E-state index contributed by atoms with van der Waals surface area (Å²) in [7, 11) is 0. The minimum Gasteiger partial charge on any atom is -0.351 e. The van der Waals surface area contributed by atoms with Gasteiger partial charge in [-0.2, -0.15) is 0 Å². The van der Waals surface area contributed by atoms with Gasteiger partial charge in [-0.05, 0) is 20.3 Å². The molecule has 0 aliphatic carbocycles. The fourth-order valence-electron chi connectivity index (χ4n) is 0.566. The normalized spacial score (nSPS) is 11.8. The zero-order valence-electron chi connectivity index (χ0n) is 8.19. The third-order valence-electron chi connectivity index (χ3n) is 1.87. The van der Waals surface area contributed by atoms with Crippen LogP contribution in [-0.2, 0) is 4.79 Å². The third kappa shape index (κ3) is 4.02. The quantitative estimate of drug-likeness (QED) is 0.666. The molecule has 2 heteroatoms. The van der Waals surface area contributed by atoms with Crippen LogP contribution >= 0.6 is 0 Å². The van der Waals surface area contributed by atoms with Gasteiger partial charge in [-0.1, -0.05) is 20.8 Å². The molecule has 0 aromatic rings. The number of hydrogen-bond acceptors (Lipinski definition) is 1. The minimum atomic E-state index is -0.0542. The number of hydrogen-bond donors (Lipinski definition) is 1. The van der Waals surface area contributed by atoms with Crippen LogP contribution in [0.4, 0.5) is 0 Å². The Balaban J connectivity index is 3.94. The van der Waals surface area contributed by atoms with Gasteiger partial charge in [0.15, 0.2) is 0 Å². The summed E-state index contributed by atoms with van der Waals surface area (Å²) in [4.78, 5) is 11.2. The van der Waals surface area contributed by atoms with Crippen LogP contribution in [-0.4, -0.2) is 11.4 Å². The van der Waals surface area contributed by atoms with Crippen molar-refractivity contribution in [3.63, 3.8) is 0 Å². The van der Waals surface area contributed by atoms with Gasteiger partial charge in [0.25, 0.3) is 0 Å². The van der Waals surface area contributed by atoms with Gasteiger partial charge >= 0.3 is 0 Å². The molecule has 0 aromatic carbocycles. The number of rotatable bonds is 3. The molecular formula is C9H19NO. The van der Waals surface area contributed by atoms with Gasteiger partial charge < -0.3 is 5.32 Å². The Morgan fingerprint density at radius 3 is 2.18 bits per heavy atom. The van der Waals surface area contributed by atoms with E-state index in [1.807, 2.05) is 27.7 Å². The van der Waals surface area contributed by atoms with Crippen LogP contribution in [0.25, 0.3) is 0 Å². The topological polar surface area (TPSA) is 29.1 Å². The molecule has 0 aliphatic heterocycles. The highest BCUT2D eigenvalue weighted by molar-refractivity contribution is 5.78. The van der Waals surface area contributed by atoms with Crippen molar-refractivity contribution in [3.8, 4) is 0 Å². The molecule has 0 radical (unpaired) electrons. The maximum absolute atomic E-state index is 11.2. The molecule has 0 fully saturated rings. The second-order valence-electron chi connectivity index (χ2n) is 3.88. The van der Waals surface area contributed by atoms with E-state index in [1.165, 1.54) is 0 Å². The van der Waals surface area contributed by atoms with Crippen LogP contribution in [0.2, 0.25) is 0 Å². The number of carbonyl (C=O) groups is 1. The molecule has 0 aromatic heterocycles. The summed E-state index contributed by atoms with van der Waals surface area (Å²) in [5.41, 5.74) is -0.0542. The lowest BCUT2D eigenvalue weighted by molar-refractivity contribution is -0.125. The Morgan fingerprint density at radius 2 is 1.91 bits per heavy atom. The largest absolute Gasteiger partial charge is 0.351 e. The van der Waals surface area contributed by atoms with Crippen molar-refractivity contribution < 1.29 is 4.79 Å². The van der Waals surface area contributed by atoms with Crippen LogP contribution < -0.4 is 5.32 Å². The second kappa shape index (κ2) is 3.74. The van der Waals surface area contributed by atoms with Crippen LogP contribution in [0.3, 0.4) is 0 Å². The summed E-state index contributed by atoms with van der Waals surface area (Å²) in [6.07, 6.45) is 0.964. The third-order valence-corrected chi connectivity index (χ3v) is 1.87. The lowest BCUT2D eigenvalue weighted by Gasteiger charge is -2.25. The van der Waals surface area contributed by atoms with E-state index in [9.17, 15) is 4.79 Å². The molecule has 0 unspecified atom stereocenters. The highest BCUT2D eigenvalue weighted by Gasteiger charge is 2.18. The zero-order chi connectivity index (χ0) is 9.07. The second-order valence-corrected chi connectivity index (χ2v) is 3.88. The smallest absolute Gasteiger partial charge is 0.222 e. The highest BCUT2D eigenvalue weighted by atomic mass is 16.2. The van der Waals surface area contributed by atoms with Crippen molar-refractivity contribution in [3.05, 3.63) is 0 Å². The van der Waals surface area contributed by atoms with E-state index < -0.39 is 0 Å². The average molecular weight is 157 g/mol. The van der Waals surface area contributed by atoms with E-state index >= 15 is 0 Å². The van der Waals surface area contributed by atoms with E-state index in [0.29, 0.717) is 0 Å². The van der Waals surface area contributed by atoms with Crippen LogP contribution in [0.15, 0.2) is 0 Å². The van der Waals surface area contributed by atoms with E-state index in [-0.39, 0.29) is 17.4 Å². The summed E-state index contributed by atoms with van der Waals surface area (Å²) in [6, 6.07) is 0. The van der Waals surface area contributed by atoms with Gasteiger partial charge in [0.1, 0.15) is 0 Å². The van der Waals surface area contributed by atoms with Crippen LogP contribution in [0.5, 0.6) is 0 Å². The molecule has 0 rings (SSSR count). The van der Waals surface area contributed by atoms with E-state index in [0.717, 1.165) is 6.42 Å². The predicted molar refractivity (Wildman–Crippen MR) is 47.4 cm³/mol. The first kappa shape index (κ1) is 10.5. The van der Waals surface area contributed by atoms with Crippen LogP contribution in [0, 0.1) is 5.92 Å². The molecule has 0 heterocycles. The SMILES string of the molecule is CCC(C)(C)NC(=O)C(C)C. The number of amides is 1. The molecule has 0 aliphatic rings. The maximum Gasteiger partial charge on any atom is 0.222 e. The Labute approximate surface area is 69.4 Å². The lowest BCUT2D eigenvalue weighted by Crippen LogP contribution is -2.44. The molecule has 1 N–H and O–H groups in total. The fraction of sp³-hybridized carbons (Fsp3) is 0.889. The van der Waals surface area contributed by atoms with Gasteiger partial charge in [-0.15, -0.1) is 0 Å². The molecule has 0 saturated heterocycles. The van der Waals surface area contributed by atoms with Crippen molar-refractivity contribution in [2.75, 3.05) is 0 Å². The predicted octanol–water partition coefficient (Wildman–Crippen LogP) is 1.95. The molecule has 66 valence electrons. The standard InChI is InChI=1S/C9H19NO/c1-6-9(4,5)10-8(11)7(2)3/h7H,6H2,1-5H3,(H,10,11). The Kier molecular flexibility index (Phi) is 3.56. The molecule has 0 bridgehead atoms. The Bertz CT molecular complexity index is 138. The maximum atomic E-state index is 11.2. The number of carbonyl (C=O) groups excluding carboxylic acids is 1. The van der Waals surface area contributed by atoms with Crippen LogP contribution in [0.1, 0.15) is 41.0 Å². The summed E-state index contributed by atoms with van der Waals surface area (Å²) >= 11 is 0. The fourth-order valence-corrected chi connectivity index (χ4v) is 0.566. The highest BCUT2D eigenvalue weighted by Crippen LogP contribution is 2.07. The van der Waals surface area contributed by atoms with Crippen molar-refractivity contribution in [2.45, 2.75) is 46.6 Å². The van der Waals surface area contributed by atoms with Crippen molar-refractivity contribution in [1.29, 1.82) is 0 Å². The summed E-state index contributed by atoms with van der Waals surface area (Å²) in [5.74, 6) is 0.220. The van der Waals surface area contributed by atoms with Crippen molar-refractivity contribution in [1.82, 2.24) is 5.32 Å². The molecule has 11 heavy (non-hydrogen) atoms. The summed E-state index contributed by atoms with van der Waals surface area (Å²) in [6.45, 7) is 9.95. The Morgan fingerprint density at radius 1 is 1.45 bits per heavy atom. The zero-order valence-corrected chi connectivity index (χ0v) is 8.19. The van der Waals surface area contributed by atoms with E-state index in [1.54, 1.807) is 0 Å². The van der Waals surface area contributed by atoms with Crippen molar-refractivity contribution >= 4 is 5.91 Å². The summed E-state index contributed by atoms with van der Waals surface area (Å²) in [5, 5.41) is 2.97. The van der Waals surface area contributed by atoms with Gasteiger partial charge in [-0.3, -0.25) is 4.79 Å². The molecule has 2 nitrogen and oxygen atoms in total.